The van der Waals surface area contributed by atoms with E-state index in [9.17, 15) is 4.79 Å². The minimum atomic E-state index is -0.235. The van der Waals surface area contributed by atoms with Gasteiger partial charge in [0.25, 0.3) is 5.91 Å². The normalized spacial score (nSPS) is 10.4. The van der Waals surface area contributed by atoms with Crippen LogP contribution in [0.3, 0.4) is 0 Å². The highest BCUT2D eigenvalue weighted by Gasteiger charge is 2.10. The second-order valence-corrected chi connectivity index (χ2v) is 4.50. The van der Waals surface area contributed by atoms with E-state index in [4.69, 9.17) is 0 Å². The monoisotopic (exact) mass is 263 g/mol. The number of hydrogen-bond acceptors (Lipinski definition) is 3. The van der Waals surface area contributed by atoms with Gasteiger partial charge in [-0.1, -0.05) is 18.2 Å². The third-order valence-corrected chi connectivity index (χ3v) is 3.13. The summed E-state index contributed by atoms with van der Waals surface area (Å²) in [5.74, 6) is -0.235. The number of anilines is 1. The second-order valence-electron chi connectivity index (χ2n) is 4.50. The molecule has 4 nitrogen and oxygen atoms in total. The van der Waals surface area contributed by atoms with E-state index in [-0.39, 0.29) is 5.91 Å². The predicted octanol–water partition coefficient (Wildman–Crippen LogP) is 3.19. The average molecular weight is 263 g/mol. The van der Waals surface area contributed by atoms with Crippen LogP contribution in [0.15, 0.2) is 54.9 Å². The summed E-state index contributed by atoms with van der Waals surface area (Å²) in [5.41, 5.74) is 3.00. The molecule has 2 heterocycles. The lowest BCUT2D eigenvalue weighted by Gasteiger charge is -2.09. The molecule has 98 valence electrons. The number of nitrogens with one attached hydrogen (secondary N) is 1. The molecule has 4 heteroatoms. The second kappa shape index (κ2) is 5.09. The molecule has 0 saturated heterocycles. The molecule has 0 unspecified atom stereocenters. The maximum atomic E-state index is 12.1. The van der Waals surface area contributed by atoms with Crippen LogP contribution >= 0.6 is 0 Å². The molecule has 0 bridgehead atoms. The zero-order chi connectivity index (χ0) is 13.9. The predicted molar refractivity (Wildman–Crippen MR) is 78.7 cm³/mol. The number of amides is 1. The Morgan fingerprint density at radius 3 is 2.65 bits per heavy atom. The van der Waals surface area contributed by atoms with Crippen LogP contribution in [-0.2, 0) is 0 Å². The molecule has 0 aliphatic rings. The van der Waals surface area contributed by atoms with Gasteiger partial charge in [0.2, 0.25) is 0 Å². The maximum Gasteiger partial charge on any atom is 0.274 e. The van der Waals surface area contributed by atoms with Gasteiger partial charge in [0.05, 0.1) is 11.2 Å². The van der Waals surface area contributed by atoms with Gasteiger partial charge >= 0.3 is 0 Å². The molecular weight excluding hydrogens is 250 g/mol. The summed E-state index contributed by atoms with van der Waals surface area (Å²) in [5, 5.41) is 3.90. The fraction of sp³-hybridized carbons (Fsp3) is 0.0625. The van der Waals surface area contributed by atoms with Crippen LogP contribution in [0.5, 0.6) is 0 Å². The number of pyridine rings is 2. The van der Waals surface area contributed by atoms with Crippen molar-refractivity contribution in [2.45, 2.75) is 6.92 Å². The van der Waals surface area contributed by atoms with Crippen molar-refractivity contribution in [1.29, 1.82) is 0 Å². The molecule has 1 N–H and O–H groups in total. The number of carbonyl (C=O) groups excluding carboxylic acids is 1. The molecule has 0 radical (unpaired) electrons. The van der Waals surface area contributed by atoms with Gasteiger partial charge in [-0.25, -0.2) is 0 Å². The lowest BCUT2D eigenvalue weighted by atomic mass is 10.1. The number of aryl methyl sites for hydroxylation is 1. The number of hydrogen-bond donors (Lipinski definition) is 1. The molecule has 0 saturated carbocycles. The van der Waals surface area contributed by atoms with Crippen molar-refractivity contribution in [3.05, 3.63) is 66.1 Å². The van der Waals surface area contributed by atoms with Gasteiger partial charge < -0.3 is 5.32 Å². The van der Waals surface area contributed by atoms with Gasteiger partial charge in [0.1, 0.15) is 5.69 Å². The number of benzene rings is 1. The Balaban J connectivity index is 2.00. The molecule has 3 rings (SSSR count). The Morgan fingerprint density at radius 2 is 1.85 bits per heavy atom. The molecule has 0 atom stereocenters. The summed E-state index contributed by atoms with van der Waals surface area (Å²) in [6, 6.07) is 13.0. The number of fused-ring (bicyclic) bond motifs is 1. The third kappa shape index (κ3) is 2.23. The van der Waals surface area contributed by atoms with Crippen LogP contribution in [0.2, 0.25) is 0 Å². The molecular formula is C16H13N3O. The summed E-state index contributed by atoms with van der Waals surface area (Å²) in [4.78, 5) is 20.5. The van der Waals surface area contributed by atoms with Gasteiger partial charge in [0, 0.05) is 17.8 Å². The molecule has 0 spiro atoms. The Morgan fingerprint density at radius 1 is 1.00 bits per heavy atom. The Kier molecular flexibility index (Phi) is 3.13. The Hall–Kier alpha value is -2.75. The van der Waals surface area contributed by atoms with E-state index in [1.54, 1.807) is 30.6 Å². The highest BCUT2D eigenvalue weighted by atomic mass is 16.1. The van der Waals surface area contributed by atoms with E-state index in [1.165, 1.54) is 0 Å². The molecule has 1 amide bonds. The molecule has 0 aliphatic carbocycles. The minimum Gasteiger partial charge on any atom is -0.319 e. The van der Waals surface area contributed by atoms with Crippen molar-refractivity contribution in [1.82, 2.24) is 9.97 Å². The highest BCUT2D eigenvalue weighted by Crippen LogP contribution is 2.24. The smallest absolute Gasteiger partial charge is 0.274 e. The van der Waals surface area contributed by atoms with Crippen molar-refractivity contribution >= 4 is 22.5 Å². The lowest BCUT2D eigenvalue weighted by Crippen LogP contribution is -2.13. The fourth-order valence-corrected chi connectivity index (χ4v) is 2.10. The first-order chi connectivity index (χ1) is 9.75. The fourth-order valence-electron chi connectivity index (χ4n) is 2.10. The van der Waals surface area contributed by atoms with E-state index in [0.717, 1.165) is 16.5 Å². The van der Waals surface area contributed by atoms with Crippen molar-refractivity contribution in [3.63, 3.8) is 0 Å². The Bertz CT molecular complexity index is 769. The maximum absolute atomic E-state index is 12.1. The van der Waals surface area contributed by atoms with E-state index in [1.807, 2.05) is 31.2 Å². The van der Waals surface area contributed by atoms with Crippen LogP contribution in [0.1, 0.15) is 16.1 Å². The molecule has 0 fully saturated rings. The van der Waals surface area contributed by atoms with Crippen molar-refractivity contribution < 1.29 is 4.79 Å². The van der Waals surface area contributed by atoms with Crippen LogP contribution in [-0.4, -0.2) is 15.9 Å². The molecule has 20 heavy (non-hydrogen) atoms. The first kappa shape index (κ1) is 12.3. The van der Waals surface area contributed by atoms with Crippen LogP contribution in [0.25, 0.3) is 10.9 Å². The van der Waals surface area contributed by atoms with E-state index >= 15 is 0 Å². The minimum absolute atomic E-state index is 0.235. The number of nitrogens with zero attached hydrogens (tertiary/aromatic N) is 2. The number of carbonyl (C=O) groups is 1. The van der Waals surface area contributed by atoms with Crippen molar-refractivity contribution in [2.24, 2.45) is 0 Å². The zero-order valence-corrected chi connectivity index (χ0v) is 11.0. The zero-order valence-electron chi connectivity index (χ0n) is 11.0. The molecule has 0 aliphatic heterocycles. The standard InChI is InChI=1S/C16H13N3O/c1-11-7-8-13(15-12(11)5-4-10-18-15)19-16(20)14-6-2-3-9-17-14/h2-10H,1H3,(H,19,20). The summed E-state index contributed by atoms with van der Waals surface area (Å²) >= 11 is 0. The summed E-state index contributed by atoms with van der Waals surface area (Å²) < 4.78 is 0. The van der Waals surface area contributed by atoms with E-state index in [2.05, 4.69) is 15.3 Å². The average Bonchev–Trinajstić information content (AvgIpc) is 2.51. The highest BCUT2D eigenvalue weighted by molar-refractivity contribution is 6.07. The first-order valence-electron chi connectivity index (χ1n) is 6.32. The van der Waals surface area contributed by atoms with Crippen LogP contribution in [0.4, 0.5) is 5.69 Å². The Labute approximate surface area is 116 Å². The van der Waals surface area contributed by atoms with Crippen LogP contribution < -0.4 is 5.32 Å². The van der Waals surface area contributed by atoms with E-state index < -0.39 is 0 Å². The van der Waals surface area contributed by atoms with Gasteiger partial charge in [-0.2, -0.15) is 0 Å². The summed E-state index contributed by atoms with van der Waals surface area (Å²) in [6.07, 6.45) is 3.32. The largest absolute Gasteiger partial charge is 0.319 e. The van der Waals surface area contributed by atoms with Gasteiger partial charge in [-0.15, -0.1) is 0 Å². The van der Waals surface area contributed by atoms with Crippen LogP contribution in [0, 0.1) is 6.92 Å². The van der Waals surface area contributed by atoms with E-state index in [0.29, 0.717) is 11.4 Å². The number of aromatic nitrogens is 2. The summed E-state index contributed by atoms with van der Waals surface area (Å²) in [7, 11) is 0. The first-order valence-corrected chi connectivity index (χ1v) is 6.32. The quantitative estimate of drug-likeness (QED) is 0.772. The number of rotatable bonds is 2. The topological polar surface area (TPSA) is 54.9 Å². The van der Waals surface area contributed by atoms with Crippen molar-refractivity contribution in [2.75, 3.05) is 5.32 Å². The summed E-state index contributed by atoms with van der Waals surface area (Å²) in [6.45, 7) is 2.02. The molecule has 3 aromatic rings. The molecule has 1 aromatic carbocycles. The lowest BCUT2D eigenvalue weighted by molar-refractivity contribution is 0.102. The molecule has 2 aromatic heterocycles. The SMILES string of the molecule is Cc1ccc(NC(=O)c2ccccn2)c2ncccc12. The van der Waals surface area contributed by atoms with Gasteiger partial charge in [-0.05, 0) is 36.8 Å². The van der Waals surface area contributed by atoms with Gasteiger partial charge in [-0.3, -0.25) is 14.8 Å². The van der Waals surface area contributed by atoms with Crippen molar-refractivity contribution in [3.8, 4) is 0 Å². The van der Waals surface area contributed by atoms with Gasteiger partial charge in [0.15, 0.2) is 0 Å². The third-order valence-electron chi connectivity index (χ3n) is 3.13.